The van der Waals surface area contributed by atoms with E-state index in [0.29, 0.717) is 0 Å². The molecule has 2 aliphatic rings. The van der Waals surface area contributed by atoms with Crippen LogP contribution in [0.1, 0.15) is 19.3 Å². The van der Waals surface area contributed by atoms with Gasteiger partial charge in [0.05, 0.1) is 0 Å². The first-order valence-corrected chi connectivity index (χ1v) is 4.59. The number of nitrogens with one attached hydrogen (secondary N) is 2. The molecule has 2 N–H and O–H groups in total. The van der Waals surface area contributed by atoms with Crippen LogP contribution in [0, 0.1) is 5.41 Å². The van der Waals surface area contributed by atoms with E-state index in [-0.39, 0.29) is 0 Å². The first-order valence-electron chi connectivity index (χ1n) is 4.02. The van der Waals surface area contributed by atoms with Gasteiger partial charge >= 0.3 is 0 Å². The standard InChI is InChI=1S/C7H15N2P/c10-9-4-6-3-7(1-2-7)5-8-6/h6,8-9H,1-5,10H2/t6-/m0/s1. The summed E-state index contributed by atoms with van der Waals surface area (Å²) in [6, 6.07) is 0.736. The molecule has 3 heteroatoms. The molecule has 0 bridgehead atoms. The van der Waals surface area contributed by atoms with Crippen molar-refractivity contribution in [3.05, 3.63) is 0 Å². The van der Waals surface area contributed by atoms with Crippen LogP contribution in [0.25, 0.3) is 0 Å². The molecule has 2 nitrogen and oxygen atoms in total. The summed E-state index contributed by atoms with van der Waals surface area (Å²) in [4.78, 5) is 0. The average molecular weight is 158 g/mol. The van der Waals surface area contributed by atoms with Crippen LogP contribution in [0.3, 0.4) is 0 Å². The Bertz CT molecular complexity index is 134. The molecular weight excluding hydrogens is 143 g/mol. The molecular formula is C7H15N2P. The molecule has 1 aliphatic carbocycles. The Morgan fingerprint density at radius 1 is 1.60 bits per heavy atom. The normalized spacial score (nSPS) is 35.1. The summed E-state index contributed by atoms with van der Waals surface area (Å²) in [6.07, 6.45) is 4.33. The molecule has 0 amide bonds. The fourth-order valence-electron chi connectivity index (χ4n) is 1.87. The molecule has 1 aliphatic heterocycles. The van der Waals surface area contributed by atoms with Gasteiger partial charge in [0.1, 0.15) is 0 Å². The summed E-state index contributed by atoms with van der Waals surface area (Å²) in [5, 5.41) is 6.66. The molecule has 2 rings (SSSR count). The molecule has 0 radical (unpaired) electrons. The van der Waals surface area contributed by atoms with Gasteiger partial charge in [-0.1, -0.05) is 9.39 Å². The van der Waals surface area contributed by atoms with Crippen LogP contribution in [0.15, 0.2) is 0 Å². The highest BCUT2D eigenvalue weighted by Crippen LogP contribution is 2.51. The summed E-state index contributed by atoms with van der Waals surface area (Å²) in [5.74, 6) is 0. The second-order valence-corrected chi connectivity index (χ2v) is 4.10. The van der Waals surface area contributed by atoms with Crippen molar-refractivity contribution in [2.45, 2.75) is 25.3 Å². The molecule has 2 atom stereocenters. The lowest BCUT2D eigenvalue weighted by Gasteiger charge is -2.07. The Labute approximate surface area is 64.4 Å². The zero-order valence-electron chi connectivity index (χ0n) is 6.19. The van der Waals surface area contributed by atoms with Gasteiger partial charge in [0.2, 0.25) is 0 Å². The van der Waals surface area contributed by atoms with Crippen molar-refractivity contribution in [2.75, 3.05) is 13.1 Å². The minimum absolute atomic E-state index is 0.736. The number of hydrogen-bond acceptors (Lipinski definition) is 2. The highest BCUT2D eigenvalue weighted by molar-refractivity contribution is 7.13. The van der Waals surface area contributed by atoms with Gasteiger partial charge < -0.3 is 5.32 Å². The van der Waals surface area contributed by atoms with E-state index in [1.165, 1.54) is 25.8 Å². The van der Waals surface area contributed by atoms with Crippen LogP contribution in [0.2, 0.25) is 0 Å². The predicted octanol–water partition coefficient (Wildman–Crippen LogP) is 0.508. The van der Waals surface area contributed by atoms with Crippen LogP contribution < -0.4 is 10.4 Å². The highest BCUT2D eigenvalue weighted by Gasteiger charge is 2.47. The van der Waals surface area contributed by atoms with Crippen molar-refractivity contribution in [3.63, 3.8) is 0 Å². The maximum absolute atomic E-state index is 3.53. The van der Waals surface area contributed by atoms with Crippen LogP contribution in [-0.4, -0.2) is 19.1 Å². The minimum Gasteiger partial charge on any atom is -0.312 e. The molecule has 1 heterocycles. The van der Waals surface area contributed by atoms with Gasteiger partial charge in [-0.05, 0) is 24.7 Å². The first kappa shape index (κ1) is 7.02. The Morgan fingerprint density at radius 3 is 2.90 bits per heavy atom. The highest BCUT2D eigenvalue weighted by atomic mass is 31.0. The quantitative estimate of drug-likeness (QED) is 0.572. The van der Waals surface area contributed by atoms with E-state index in [1.54, 1.807) is 0 Å². The van der Waals surface area contributed by atoms with Crippen molar-refractivity contribution in [2.24, 2.45) is 5.41 Å². The van der Waals surface area contributed by atoms with Crippen molar-refractivity contribution in [1.29, 1.82) is 0 Å². The van der Waals surface area contributed by atoms with Gasteiger partial charge in [0.25, 0.3) is 0 Å². The van der Waals surface area contributed by atoms with Crippen LogP contribution in [0.5, 0.6) is 0 Å². The fraction of sp³-hybridized carbons (Fsp3) is 1.00. The number of hydrogen-bond donors (Lipinski definition) is 2. The molecule has 0 aromatic rings. The van der Waals surface area contributed by atoms with E-state index in [1.807, 2.05) is 0 Å². The first-order chi connectivity index (χ1) is 4.85. The number of rotatable bonds is 2. The lowest BCUT2D eigenvalue weighted by molar-refractivity contribution is 0.540. The second-order valence-electron chi connectivity index (χ2n) is 3.69. The molecule has 1 unspecified atom stereocenters. The van der Waals surface area contributed by atoms with E-state index < -0.39 is 0 Å². The lowest BCUT2D eigenvalue weighted by Crippen LogP contribution is -2.29. The van der Waals surface area contributed by atoms with Gasteiger partial charge in [-0.15, -0.1) is 0 Å². The van der Waals surface area contributed by atoms with Crippen LogP contribution in [-0.2, 0) is 0 Å². The molecule has 10 heavy (non-hydrogen) atoms. The van der Waals surface area contributed by atoms with Crippen LogP contribution >= 0.6 is 9.39 Å². The van der Waals surface area contributed by atoms with Crippen molar-refractivity contribution < 1.29 is 0 Å². The van der Waals surface area contributed by atoms with E-state index >= 15 is 0 Å². The maximum atomic E-state index is 3.53. The maximum Gasteiger partial charge on any atom is 0.0201 e. The lowest BCUT2D eigenvalue weighted by atomic mass is 10.0. The van der Waals surface area contributed by atoms with Gasteiger partial charge in [-0.3, -0.25) is 5.09 Å². The molecule has 58 valence electrons. The molecule has 1 saturated heterocycles. The Kier molecular flexibility index (Phi) is 1.71. The topological polar surface area (TPSA) is 24.1 Å². The third-order valence-corrected chi connectivity index (χ3v) is 3.00. The van der Waals surface area contributed by atoms with E-state index in [9.17, 15) is 0 Å². The van der Waals surface area contributed by atoms with Gasteiger partial charge in [-0.2, -0.15) is 0 Å². The summed E-state index contributed by atoms with van der Waals surface area (Å²) in [7, 11) is 2.56. The largest absolute Gasteiger partial charge is 0.312 e. The van der Waals surface area contributed by atoms with Gasteiger partial charge in [-0.25, -0.2) is 0 Å². The van der Waals surface area contributed by atoms with E-state index in [4.69, 9.17) is 0 Å². The smallest absolute Gasteiger partial charge is 0.0201 e. The third-order valence-electron chi connectivity index (χ3n) is 2.77. The van der Waals surface area contributed by atoms with E-state index in [0.717, 1.165) is 18.0 Å². The molecule has 0 aromatic heterocycles. The zero-order chi connectivity index (χ0) is 7.03. The summed E-state index contributed by atoms with van der Waals surface area (Å²) >= 11 is 0. The Hall–Kier alpha value is 0.350. The van der Waals surface area contributed by atoms with Crippen molar-refractivity contribution in [3.8, 4) is 0 Å². The zero-order valence-corrected chi connectivity index (χ0v) is 7.34. The average Bonchev–Trinajstić information content (AvgIpc) is 2.52. The summed E-state index contributed by atoms with van der Waals surface area (Å²) in [6.45, 7) is 2.37. The fourth-order valence-corrected chi connectivity index (χ4v) is 2.16. The SMILES string of the molecule is PNC[C@@H]1CC2(CC2)CN1. The van der Waals surface area contributed by atoms with Gasteiger partial charge in [0.15, 0.2) is 0 Å². The molecule has 2 fully saturated rings. The summed E-state index contributed by atoms with van der Waals surface area (Å²) < 4.78 is 0. The Morgan fingerprint density at radius 2 is 2.40 bits per heavy atom. The molecule has 1 spiro atoms. The third kappa shape index (κ3) is 1.20. The predicted molar refractivity (Wildman–Crippen MR) is 45.8 cm³/mol. The monoisotopic (exact) mass is 158 g/mol. The summed E-state index contributed by atoms with van der Waals surface area (Å²) in [5.41, 5.74) is 0.756. The van der Waals surface area contributed by atoms with Crippen LogP contribution in [0.4, 0.5) is 0 Å². The minimum atomic E-state index is 0.736. The van der Waals surface area contributed by atoms with Crippen molar-refractivity contribution >= 4 is 9.39 Å². The van der Waals surface area contributed by atoms with E-state index in [2.05, 4.69) is 19.8 Å². The van der Waals surface area contributed by atoms with Gasteiger partial charge in [0, 0.05) is 19.1 Å². The molecule has 0 aromatic carbocycles. The second kappa shape index (κ2) is 2.44. The van der Waals surface area contributed by atoms with Crippen molar-refractivity contribution in [1.82, 2.24) is 10.4 Å². The molecule has 1 saturated carbocycles. The Balaban J connectivity index is 1.82.